The molecule has 1 aromatic rings. The minimum Gasteiger partial charge on any atom is -0.382 e. The van der Waals surface area contributed by atoms with Gasteiger partial charge in [0.25, 0.3) is 0 Å². The van der Waals surface area contributed by atoms with Gasteiger partial charge in [-0.2, -0.15) is 0 Å². The number of ether oxygens (including phenoxy) is 1. The zero-order valence-corrected chi connectivity index (χ0v) is 10.7. The highest BCUT2D eigenvalue weighted by atomic mass is 16.5. The first-order valence-electron chi connectivity index (χ1n) is 6.81. The van der Waals surface area contributed by atoms with Gasteiger partial charge in [0.1, 0.15) is 0 Å². The lowest BCUT2D eigenvalue weighted by Gasteiger charge is -2.17. The Bertz CT molecular complexity index is 312. The van der Waals surface area contributed by atoms with E-state index in [1.54, 1.807) is 0 Å². The average molecular weight is 233 g/mol. The van der Waals surface area contributed by atoms with Crippen molar-refractivity contribution in [3.63, 3.8) is 0 Å². The fraction of sp³-hybridized carbons (Fsp3) is 0.600. The second kappa shape index (κ2) is 6.65. The third-order valence-corrected chi connectivity index (χ3v) is 3.32. The molecule has 2 nitrogen and oxygen atoms in total. The molecular weight excluding hydrogens is 210 g/mol. The lowest BCUT2D eigenvalue weighted by Crippen LogP contribution is -2.19. The largest absolute Gasteiger partial charge is 0.382 e. The van der Waals surface area contributed by atoms with Crippen LogP contribution >= 0.6 is 0 Å². The molecule has 1 unspecified atom stereocenters. The molecule has 0 radical (unpaired) electrons. The zero-order valence-electron chi connectivity index (χ0n) is 10.7. The molecule has 1 atom stereocenters. The maximum absolute atomic E-state index is 5.47. The van der Waals surface area contributed by atoms with E-state index >= 15 is 0 Å². The first kappa shape index (κ1) is 12.4. The Kier molecular flexibility index (Phi) is 4.87. The summed E-state index contributed by atoms with van der Waals surface area (Å²) in [7, 11) is 0. The molecule has 0 spiro atoms. The normalized spacial score (nSPS) is 20.9. The number of benzene rings is 1. The van der Waals surface area contributed by atoms with Crippen LogP contribution in [0.15, 0.2) is 24.3 Å². The fourth-order valence-corrected chi connectivity index (χ4v) is 2.34. The van der Waals surface area contributed by atoms with Crippen molar-refractivity contribution in [2.45, 2.75) is 45.1 Å². The summed E-state index contributed by atoms with van der Waals surface area (Å²) in [6, 6.07) is 9.46. The summed E-state index contributed by atoms with van der Waals surface area (Å²) in [6.07, 6.45) is 5.91. The number of rotatable bonds is 4. The highest BCUT2D eigenvalue weighted by Crippen LogP contribution is 2.16. The standard InChI is InChI=1S/C15H23NO/c1-2-4-13-6-8-15(9-7-13)16-14-5-3-11-17-12-10-14/h6-9,14,16H,2-5,10-12H2,1H3. The fourth-order valence-electron chi connectivity index (χ4n) is 2.34. The maximum atomic E-state index is 5.47. The summed E-state index contributed by atoms with van der Waals surface area (Å²) in [5.41, 5.74) is 2.68. The summed E-state index contributed by atoms with van der Waals surface area (Å²) < 4.78 is 5.47. The number of anilines is 1. The van der Waals surface area contributed by atoms with Gasteiger partial charge in [0.05, 0.1) is 0 Å². The molecule has 2 rings (SSSR count). The van der Waals surface area contributed by atoms with Crippen LogP contribution in [0.2, 0.25) is 0 Å². The monoisotopic (exact) mass is 233 g/mol. The summed E-state index contributed by atoms with van der Waals surface area (Å²) in [5.74, 6) is 0. The van der Waals surface area contributed by atoms with Crippen molar-refractivity contribution >= 4 is 5.69 Å². The van der Waals surface area contributed by atoms with Gasteiger partial charge >= 0.3 is 0 Å². The molecule has 17 heavy (non-hydrogen) atoms. The van der Waals surface area contributed by atoms with Gasteiger partial charge in [-0.05, 0) is 43.4 Å². The molecular formula is C15H23NO. The van der Waals surface area contributed by atoms with Gasteiger partial charge in [-0.3, -0.25) is 0 Å². The third kappa shape index (κ3) is 4.04. The second-order valence-corrected chi connectivity index (χ2v) is 4.83. The molecule has 2 heteroatoms. The number of hydrogen-bond donors (Lipinski definition) is 1. The van der Waals surface area contributed by atoms with Crippen molar-refractivity contribution in [2.75, 3.05) is 18.5 Å². The number of nitrogens with one attached hydrogen (secondary N) is 1. The summed E-state index contributed by atoms with van der Waals surface area (Å²) in [5, 5.41) is 3.61. The average Bonchev–Trinajstić information content (AvgIpc) is 2.61. The van der Waals surface area contributed by atoms with Gasteiger partial charge < -0.3 is 10.1 Å². The van der Waals surface area contributed by atoms with Crippen molar-refractivity contribution in [1.82, 2.24) is 0 Å². The first-order chi connectivity index (χ1) is 8.38. The molecule has 1 heterocycles. The zero-order chi connectivity index (χ0) is 11.9. The predicted molar refractivity (Wildman–Crippen MR) is 72.5 cm³/mol. The molecule has 1 saturated heterocycles. The smallest absolute Gasteiger partial charge is 0.0485 e. The Morgan fingerprint density at radius 2 is 2.00 bits per heavy atom. The van der Waals surface area contributed by atoms with Crippen molar-refractivity contribution in [1.29, 1.82) is 0 Å². The Labute approximate surface area is 104 Å². The van der Waals surface area contributed by atoms with Gasteiger partial charge in [0, 0.05) is 24.9 Å². The molecule has 1 aliphatic rings. The molecule has 94 valence electrons. The SMILES string of the molecule is CCCc1ccc(NC2CCCOCC2)cc1. The lowest BCUT2D eigenvalue weighted by molar-refractivity contribution is 0.144. The van der Waals surface area contributed by atoms with Gasteiger partial charge in [0.15, 0.2) is 0 Å². The molecule has 0 aliphatic carbocycles. The van der Waals surface area contributed by atoms with Gasteiger partial charge in [0.2, 0.25) is 0 Å². The number of hydrogen-bond acceptors (Lipinski definition) is 2. The van der Waals surface area contributed by atoms with Crippen LogP contribution in [0.4, 0.5) is 5.69 Å². The minimum atomic E-state index is 0.578. The van der Waals surface area contributed by atoms with Crippen molar-refractivity contribution < 1.29 is 4.74 Å². The van der Waals surface area contributed by atoms with E-state index in [-0.39, 0.29) is 0 Å². The van der Waals surface area contributed by atoms with Crippen LogP contribution in [0.25, 0.3) is 0 Å². The van der Waals surface area contributed by atoms with E-state index < -0.39 is 0 Å². The van der Waals surface area contributed by atoms with E-state index in [0.717, 1.165) is 19.6 Å². The van der Waals surface area contributed by atoms with Crippen molar-refractivity contribution in [2.24, 2.45) is 0 Å². The maximum Gasteiger partial charge on any atom is 0.0485 e. The van der Waals surface area contributed by atoms with Crippen LogP contribution in [-0.4, -0.2) is 19.3 Å². The van der Waals surface area contributed by atoms with Gasteiger partial charge in [-0.1, -0.05) is 25.5 Å². The van der Waals surface area contributed by atoms with Gasteiger partial charge in [-0.15, -0.1) is 0 Å². The van der Waals surface area contributed by atoms with Crippen LogP contribution in [0.5, 0.6) is 0 Å². The molecule has 1 aliphatic heterocycles. The Hall–Kier alpha value is -1.02. The van der Waals surface area contributed by atoms with Crippen LogP contribution in [0.1, 0.15) is 38.2 Å². The minimum absolute atomic E-state index is 0.578. The van der Waals surface area contributed by atoms with Crippen LogP contribution in [0, 0.1) is 0 Å². The molecule has 1 fully saturated rings. The lowest BCUT2D eigenvalue weighted by atomic mass is 10.1. The van der Waals surface area contributed by atoms with Crippen LogP contribution in [0.3, 0.4) is 0 Å². The molecule has 0 amide bonds. The first-order valence-corrected chi connectivity index (χ1v) is 6.81. The van der Waals surface area contributed by atoms with Crippen molar-refractivity contribution in [3.8, 4) is 0 Å². The molecule has 1 N–H and O–H groups in total. The Morgan fingerprint density at radius 3 is 2.76 bits per heavy atom. The molecule has 0 bridgehead atoms. The predicted octanol–water partition coefficient (Wildman–Crippen LogP) is 3.62. The second-order valence-electron chi connectivity index (χ2n) is 4.83. The van der Waals surface area contributed by atoms with E-state index in [2.05, 4.69) is 36.5 Å². The van der Waals surface area contributed by atoms with E-state index in [1.165, 1.54) is 36.9 Å². The van der Waals surface area contributed by atoms with E-state index in [9.17, 15) is 0 Å². The van der Waals surface area contributed by atoms with E-state index in [0.29, 0.717) is 6.04 Å². The highest BCUT2D eigenvalue weighted by molar-refractivity contribution is 5.45. The van der Waals surface area contributed by atoms with Crippen LogP contribution < -0.4 is 5.32 Å². The van der Waals surface area contributed by atoms with E-state index in [4.69, 9.17) is 4.74 Å². The molecule has 0 saturated carbocycles. The quantitative estimate of drug-likeness (QED) is 0.857. The highest BCUT2D eigenvalue weighted by Gasteiger charge is 2.11. The Morgan fingerprint density at radius 1 is 1.18 bits per heavy atom. The third-order valence-electron chi connectivity index (χ3n) is 3.32. The van der Waals surface area contributed by atoms with Gasteiger partial charge in [-0.25, -0.2) is 0 Å². The summed E-state index contributed by atoms with van der Waals surface area (Å²) in [6.45, 7) is 4.04. The molecule has 1 aromatic carbocycles. The van der Waals surface area contributed by atoms with Crippen LogP contribution in [-0.2, 0) is 11.2 Å². The van der Waals surface area contributed by atoms with Crippen molar-refractivity contribution in [3.05, 3.63) is 29.8 Å². The number of aryl methyl sites for hydroxylation is 1. The van der Waals surface area contributed by atoms with E-state index in [1.807, 2.05) is 0 Å². The Balaban J connectivity index is 1.88. The summed E-state index contributed by atoms with van der Waals surface area (Å²) >= 11 is 0. The molecule has 0 aromatic heterocycles. The summed E-state index contributed by atoms with van der Waals surface area (Å²) in [4.78, 5) is 0. The topological polar surface area (TPSA) is 21.3 Å².